The van der Waals surface area contributed by atoms with Gasteiger partial charge >= 0.3 is 5.97 Å². The molecule has 0 N–H and O–H groups in total. The minimum Gasteiger partial charge on any atom is -0.463 e. The minimum atomic E-state index is -0.815. The van der Waals surface area contributed by atoms with Crippen LogP contribution in [0.4, 0.5) is 4.39 Å². The number of esters is 1. The van der Waals surface area contributed by atoms with E-state index in [0.717, 1.165) is 0 Å². The summed E-state index contributed by atoms with van der Waals surface area (Å²) in [6, 6.07) is 8.19. The Bertz CT molecular complexity index is 1520. The summed E-state index contributed by atoms with van der Waals surface area (Å²) in [4.78, 5) is 31.4. The van der Waals surface area contributed by atoms with Crippen LogP contribution in [-0.2, 0) is 9.53 Å². The van der Waals surface area contributed by atoms with Crippen molar-refractivity contribution >= 4 is 35.0 Å². The molecule has 0 radical (unpaired) electrons. The molecule has 3 aromatic rings. The quantitative estimate of drug-likeness (QED) is 0.513. The fourth-order valence-electron chi connectivity index (χ4n) is 3.94. The SMILES string of the molecule is CCOC(=O)C1=C(C)N=c2s/c(=C\c3cc4c(cc3Cl)OCO4)c(=O)n2[C@H]1c1ccc(F)cc1. The maximum Gasteiger partial charge on any atom is 0.338 e. The monoisotopic (exact) mass is 500 g/mol. The summed E-state index contributed by atoms with van der Waals surface area (Å²) in [5.41, 5.74) is 1.44. The van der Waals surface area contributed by atoms with E-state index >= 15 is 0 Å². The first-order chi connectivity index (χ1) is 16.4. The zero-order valence-electron chi connectivity index (χ0n) is 18.1. The van der Waals surface area contributed by atoms with Crippen LogP contribution in [0, 0.1) is 5.82 Å². The van der Waals surface area contributed by atoms with Crippen molar-refractivity contribution in [1.29, 1.82) is 0 Å². The van der Waals surface area contributed by atoms with Crippen molar-refractivity contribution in [2.24, 2.45) is 4.99 Å². The van der Waals surface area contributed by atoms with Crippen LogP contribution in [0.25, 0.3) is 6.08 Å². The molecule has 2 aromatic carbocycles. The van der Waals surface area contributed by atoms with Crippen molar-refractivity contribution in [2.75, 3.05) is 13.4 Å². The van der Waals surface area contributed by atoms with Crippen LogP contribution in [0.3, 0.4) is 0 Å². The Morgan fingerprint density at radius 3 is 2.71 bits per heavy atom. The number of rotatable bonds is 4. The van der Waals surface area contributed by atoms with Gasteiger partial charge in [-0.2, -0.15) is 0 Å². The van der Waals surface area contributed by atoms with Gasteiger partial charge in [0.2, 0.25) is 6.79 Å². The van der Waals surface area contributed by atoms with Gasteiger partial charge in [-0.1, -0.05) is 35.1 Å². The lowest BCUT2D eigenvalue weighted by atomic mass is 9.96. The maximum absolute atomic E-state index is 13.6. The molecule has 34 heavy (non-hydrogen) atoms. The molecular weight excluding hydrogens is 483 g/mol. The number of hydrogen-bond acceptors (Lipinski definition) is 7. The number of allylic oxidation sites excluding steroid dienone is 1. The summed E-state index contributed by atoms with van der Waals surface area (Å²) in [7, 11) is 0. The van der Waals surface area contributed by atoms with E-state index in [9.17, 15) is 14.0 Å². The molecule has 0 saturated carbocycles. The lowest BCUT2D eigenvalue weighted by Crippen LogP contribution is -2.39. The number of thiazole rings is 1. The lowest BCUT2D eigenvalue weighted by molar-refractivity contribution is -0.139. The van der Waals surface area contributed by atoms with E-state index in [4.69, 9.17) is 25.8 Å². The number of halogens is 2. The second-order valence-electron chi connectivity index (χ2n) is 7.58. The van der Waals surface area contributed by atoms with Crippen molar-refractivity contribution in [1.82, 2.24) is 4.57 Å². The molecule has 0 spiro atoms. The molecule has 5 rings (SSSR count). The lowest BCUT2D eigenvalue weighted by Gasteiger charge is -2.24. The largest absolute Gasteiger partial charge is 0.463 e. The maximum atomic E-state index is 13.6. The molecule has 0 amide bonds. The topological polar surface area (TPSA) is 79.1 Å². The Labute approximate surface area is 202 Å². The van der Waals surface area contributed by atoms with Gasteiger partial charge in [-0.05, 0) is 49.2 Å². The number of ether oxygens (including phenoxy) is 3. The number of aromatic nitrogens is 1. The molecule has 10 heteroatoms. The molecule has 2 aliphatic heterocycles. The highest BCUT2D eigenvalue weighted by Gasteiger charge is 2.33. The number of carbonyl (C=O) groups is 1. The van der Waals surface area contributed by atoms with Gasteiger partial charge in [0.25, 0.3) is 5.56 Å². The van der Waals surface area contributed by atoms with Gasteiger partial charge in [0, 0.05) is 6.07 Å². The summed E-state index contributed by atoms with van der Waals surface area (Å²) < 4.78 is 31.4. The summed E-state index contributed by atoms with van der Waals surface area (Å²) in [5.74, 6) is 0.0702. The third kappa shape index (κ3) is 3.80. The second kappa shape index (κ2) is 8.73. The van der Waals surface area contributed by atoms with E-state index in [0.29, 0.717) is 42.7 Å². The third-order valence-electron chi connectivity index (χ3n) is 5.48. The summed E-state index contributed by atoms with van der Waals surface area (Å²) in [6.07, 6.45) is 1.65. The first-order valence-corrected chi connectivity index (χ1v) is 11.6. The highest BCUT2D eigenvalue weighted by molar-refractivity contribution is 7.07. The number of fused-ring (bicyclic) bond motifs is 2. The molecule has 0 unspecified atom stereocenters. The molecular formula is C24H18ClFN2O5S. The van der Waals surface area contributed by atoms with Crippen molar-refractivity contribution in [3.05, 3.63) is 89.3 Å². The summed E-state index contributed by atoms with van der Waals surface area (Å²) in [6.45, 7) is 3.66. The molecule has 1 aromatic heterocycles. The molecule has 3 heterocycles. The summed E-state index contributed by atoms with van der Waals surface area (Å²) in [5, 5.41) is 0.397. The molecule has 7 nitrogen and oxygen atoms in total. The van der Waals surface area contributed by atoms with Gasteiger partial charge in [-0.3, -0.25) is 9.36 Å². The van der Waals surface area contributed by atoms with E-state index in [1.54, 1.807) is 44.2 Å². The number of carbonyl (C=O) groups excluding carboxylic acids is 1. The van der Waals surface area contributed by atoms with Crippen molar-refractivity contribution in [3.63, 3.8) is 0 Å². The van der Waals surface area contributed by atoms with E-state index in [1.807, 2.05) is 0 Å². The molecule has 0 saturated heterocycles. The average molecular weight is 501 g/mol. The highest BCUT2D eigenvalue weighted by Crippen LogP contribution is 2.37. The fraction of sp³-hybridized carbons (Fsp3) is 0.208. The molecule has 1 atom stereocenters. The zero-order valence-corrected chi connectivity index (χ0v) is 19.7. The van der Waals surface area contributed by atoms with E-state index < -0.39 is 17.8 Å². The van der Waals surface area contributed by atoms with E-state index in [2.05, 4.69) is 4.99 Å². The first-order valence-electron chi connectivity index (χ1n) is 10.4. The first kappa shape index (κ1) is 22.4. The molecule has 2 aliphatic rings. The number of hydrogen-bond donors (Lipinski definition) is 0. The normalized spacial score (nSPS) is 16.9. The van der Waals surface area contributed by atoms with Gasteiger partial charge in [0.15, 0.2) is 16.3 Å². The van der Waals surface area contributed by atoms with Crippen LogP contribution in [0.15, 0.2) is 57.5 Å². The predicted octanol–water partition coefficient (Wildman–Crippen LogP) is 3.32. The van der Waals surface area contributed by atoms with Gasteiger partial charge < -0.3 is 14.2 Å². The Morgan fingerprint density at radius 1 is 1.29 bits per heavy atom. The number of nitrogens with zero attached hydrogens (tertiary/aromatic N) is 2. The molecule has 0 fully saturated rings. The van der Waals surface area contributed by atoms with Crippen LogP contribution in [0.5, 0.6) is 11.5 Å². The predicted molar refractivity (Wildman–Crippen MR) is 124 cm³/mol. The molecule has 0 aliphatic carbocycles. The van der Waals surface area contributed by atoms with Crippen molar-refractivity contribution in [3.8, 4) is 11.5 Å². The van der Waals surface area contributed by atoms with Crippen molar-refractivity contribution < 1.29 is 23.4 Å². The second-order valence-corrected chi connectivity index (χ2v) is 9.00. The minimum absolute atomic E-state index is 0.102. The highest BCUT2D eigenvalue weighted by atomic mass is 35.5. The number of benzene rings is 2. The standard InChI is InChI=1S/C24H18ClFN2O5S/c1-3-31-23(30)20-12(2)27-24-28(21(20)13-4-6-15(26)7-5-13)22(29)19(34-24)9-14-8-17-18(10-16(14)25)33-11-32-17/h4-10,21H,3,11H2,1-2H3/b19-9-/t21-/m0/s1. The zero-order chi connectivity index (χ0) is 24.0. The Kier molecular flexibility index (Phi) is 5.75. The third-order valence-corrected chi connectivity index (χ3v) is 6.79. The Hall–Kier alpha value is -3.43. The van der Waals surface area contributed by atoms with Crippen LogP contribution in [0.2, 0.25) is 5.02 Å². The molecule has 0 bridgehead atoms. The van der Waals surface area contributed by atoms with E-state index in [1.165, 1.54) is 28.0 Å². The van der Waals surface area contributed by atoms with Gasteiger partial charge in [0.05, 0.1) is 33.5 Å². The van der Waals surface area contributed by atoms with Gasteiger partial charge in [0.1, 0.15) is 5.82 Å². The van der Waals surface area contributed by atoms with Gasteiger partial charge in [-0.15, -0.1) is 0 Å². The smallest absolute Gasteiger partial charge is 0.338 e. The molecule has 174 valence electrons. The van der Waals surface area contributed by atoms with Crippen LogP contribution < -0.4 is 24.4 Å². The van der Waals surface area contributed by atoms with Crippen LogP contribution in [0.1, 0.15) is 31.0 Å². The fourth-order valence-corrected chi connectivity index (χ4v) is 5.18. The summed E-state index contributed by atoms with van der Waals surface area (Å²) >= 11 is 7.57. The van der Waals surface area contributed by atoms with Crippen LogP contribution in [-0.4, -0.2) is 23.9 Å². The Morgan fingerprint density at radius 2 is 2.00 bits per heavy atom. The average Bonchev–Trinajstić information content (AvgIpc) is 3.37. The van der Waals surface area contributed by atoms with Crippen molar-refractivity contribution in [2.45, 2.75) is 19.9 Å². The Balaban J connectivity index is 1.71. The van der Waals surface area contributed by atoms with Gasteiger partial charge in [-0.25, -0.2) is 14.2 Å². The van der Waals surface area contributed by atoms with Crippen LogP contribution >= 0.6 is 22.9 Å². The van der Waals surface area contributed by atoms with E-state index in [-0.39, 0.29) is 24.5 Å².